The van der Waals surface area contributed by atoms with Crippen molar-refractivity contribution in [2.45, 2.75) is 19.3 Å². The Kier molecular flexibility index (Phi) is 3.20. The minimum Gasteiger partial charge on any atom is -0.357 e. The number of hydrogen-bond acceptors (Lipinski definition) is 4. The molecular weight excluding hydrogens is 298 g/mol. The summed E-state index contributed by atoms with van der Waals surface area (Å²) in [5, 5.41) is 3.41. The number of rotatable bonds is 1. The van der Waals surface area contributed by atoms with E-state index in [0.29, 0.717) is 5.71 Å². The van der Waals surface area contributed by atoms with Crippen molar-refractivity contribution in [3.63, 3.8) is 0 Å². The number of nitrogens with zero attached hydrogens (tertiary/aromatic N) is 2. The van der Waals surface area contributed by atoms with Gasteiger partial charge in [-0.1, -0.05) is 32.0 Å². The second kappa shape index (κ2) is 5.27. The van der Waals surface area contributed by atoms with Crippen LogP contribution < -0.4 is 5.32 Å². The lowest BCUT2D eigenvalue weighted by molar-refractivity contribution is -0.108. The smallest absolute Gasteiger partial charge is 0.204 e. The molecule has 4 rings (SSSR count). The number of anilines is 1. The average Bonchev–Trinajstić information content (AvgIpc) is 2.85. The van der Waals surface area contributed by atoms with E-state index in [0.717, 1.165) is 22.6 Å². The first-order chi connectivity index (χ1) is 11.6. The van der Waals surface area contributed by atoms with Gasteiger partial charge in [-0.3, -0.25) is 14.8 Å². The molecule has 1 N–H and O–H groups in total. The molecule has 4 heteroatoms. The summed E-state index contributed by atoms with van der Waals surface area (Å²) in [6.07, 6.45) is 6.74. The maximum atomic E-state index is 12.2. The Morgan fingerprint density at radius 2 is 1.96 bits per heavy atom. The zero-order valence-corrected chi connectivity index (χ0v) is 13.6. The minimum absolute atomic E-state index is 0.0966. The fraction of sp³-hybridized carbons (Fsp3) is 0.150. The molecule has 0 unspecified atom stereocenters. The summed E-state index contributed by atoms with van der Waals surface area (Å²) in [7, 11) is 0. The summed E-state index contributed by atoms with van der Waals surface area (Å²) >= 11 is 0. The van der Waals surface area contributed by atoms with Crippen LogP contribution in [0.4, 0.5) is 5.69 Å². The van der Waals surface area contributed by atoms with E-state index in [4.69, 9.17) is 0 Å². The van der Waals surface area contributed by atoms with Crippen LogP contribution in [0.15, 0.2) is 65.6 Å². The quantitative estimate of drug-likeness (QED) is 0.873. The van der Waals surface area contributed by atoms with Gasteiger partial charge in [-0.15, -0.1) is 0 Å². The number of aromatic nitrogens is 1. The molecule has 1 aromatic carbocycles. The molecular formula is C20H17N3O. The Balaban J connectivity index is 1.77. The second-order valence-corrected chi connectivity index (χ2v) is 6.45. The van der Waals surface area contributed by atoms with Crippen molar-refractivity contribution in [2.24, 2.45) is 4.99 Å². The van der Waals surface area contributed by atoms with E-state index in [2.05, 4.69) is 41.3 Å². The first kappa shape index (κ1) is 14.6. The first-order valence-electron chi connectivity index (χ1n) is 7.90. The van der Waals surface area contributed by atoms with Gasteiger partial charge in [-0.05, 0) is 35.9 Å². The Labute approximate surface area is 140 Å². The molecule has 0 spiro atoms. The molecule has 24 heavy (non-hydrogen) atoms. The van der Waals surface area contributed by atoms with Gasteiger partial charge in [0.1, 0.15) is 5.71 Å². The summed E-state index contributed by atoms with van der Waals surface area (Å²) in [5.41, 5.74) is 5.10. The van der Waals surface area contributed by atoms with Crippen LogP contribution in [-0.4, -0.2) is 16.5 Å². The van der Waals surface area contributed by atoms with Crippen molar-refractivity contribution in [1.29, 1.82) is 0 Å². The zero-order valence-electron chi connectivity index (χ0n) is 13.6. The molecule has 0 saturated carbocycles. The van der Waals surface area contributed by atoms with Crippen molar-refractivity contribution in [3.05, 3.63) is 77.4 Å². The van der Waals surface area contributed by atoms with Gasteiger partial charge in [0.25, 0.3) is 0 Å². The molecule has 0 atom stereocenters. The summed E-state index contributed by atoms with van der Waals surface area (Å²) in [4.78, 5) is 21.1. The fourth-order valence-corrected chi connectivity index (χ4v) is 3.16. The van der Waals surface area contributed by atoms with Gasteiger partial charge in [0.05, 0.1) is 5.69 Å². The van der Waals surface area contributed by atoms with Gasteiger partial charge >= 0.3 is 0 Å². The highest BCUT2D eigenvalue weighted by Crippen LogP contribution is 2.42. The predicted octanol–water partition coefficient (Wildman–Crippen LogP) is 3.71. The van der Waals surface area contributed by atoms with Crippen LogP contribution in [0.5, 0.6) is 0 Å². The van der Waals surface area contributed by atoms with Gasteiger partial charge in [-0.2, -0.15) is 0 Å². The van der Waals surface area contributed by atoms with Crippen LogP contribution in [0.2, 0.25) is 0 Å². The van der Waals surface area contributed by atoms with Crippen molar-refractivity contribution in [2.75, 3.05) is 5.32 Å². The first-order valence-corrected chi connectivity index (χ1v) is 7.90. The molecule has 1 aromatic heterocycles. The molecule has 0 fully saturated rings. The van der Waals surface area contributed by atoms with E-state index in [1.807, 2.05) is 24.3 Å². The van der Waals surface area contributed by atoms with E-state index in [1.54, 1.807) is 18.5 Å². The summed E-state index contributed by atoms with van der Waals surface area (Å²) in [6.45, 7) is 4.30. The van der Waals surface area contributed by atoms with Crippen LogP contribution >= 0.6 is 0 Å². The third-order valence-corrected chi connectivity index (χ3v) is 4.59. The van der Waals surface area contributed by atoms with Crippen LogP contribution in [0.3, 0.4) is 0 Å². The molecule has 4 nitrogen and oxygen atoms in total. The Morgan fingerprint density at radius 1 is 1.12 bits per heavy atom. The van der Waals surface area contributed by atoms with Crippen molar-refractivity contribution in [1.82, 2.24) is 4.98 Å². The summed E-state index contributed by atoms with van der Waals surface area (Å²) < 4.78 is 0. The molecule has 0 radical (unpaired) electrons. The van der Waals surface area contributed by atoms with E-state index < -0.39 is 0 Å². The van der Waals surface area contributed by atoms with Gasteiger partial charge in [0.2, 0.25) is 5.78 Å². The molecule has 2 aromatic rings. The fourth-order valence-electron chi connectivity index (χ4n) is 3.16. The molecule has 1 aliphatic carbocycles. The highest BCUT2D eigenvalue weighted by molar-refractivity contribution is 6.52. The monoisotopic (exact) mass is 315 g/mol. The molecule has 118 valence electrons. The number of benzene rings is 1. The van der Waals surface area contributed by atoms with E-state index >= 15 is 0 Å². The number of hydrogen-bond donors (Lipinski definition) is 1. The second-order valence-electron chi connectivity index (χ2n) is 6.45. The lowest BCUT2D eigenvalue weighted by atomic mass is 9.84. The summed E-state index contributed by atoms with van der Waals surface area (Å²) in [6, 6.07) is 11.9. The lowest BCUT2D eigenvalue weighted by Gasteiger charge is -2.19. The van der Waals surface area contributed by atoms with Crippen LogP contribution in [0.25, 0.3) is 6.08 Å². The number of pyridine rings is 1. The van der Waals surface area contributed by atoms with Crippen LogP contribution in [0.1, 0.15) is 30.7 Å². The van der Waals surface area contributed by atoms with E-state index in [9.17, 15) is 4.79 Å². The van der Waals surface area contributed by atoms with Crippen molar-refractivity contribution < 1.29 is 4.79 Å². The Hall–Kier alpha value is -3.01. The van der Waals surface area contributed by atoms with Gasteiger partial charge in [-0.25, -0.2) is 0 Å². The van der Waals surface area contributed by atoms with Gasteiger partial charge in [0, 0.05) is 34.8 Å². The van der Waals surface area contributed by atoms with Crippen molar-refractivity contribution >= 4 is 23.3 Å². The average molecular weight is 315 g/mol. The number of carbonyl (C=O) groups excluding carboxylic acids is 1. The lowest BCUT2D eigenvalue weighted by Crippen LogP contribution is -2.19. The standard InChI is InChI=1S/C20H17N3O/c1-20(2)14-7-3-4-8-16(14)23-18(20)12-22-19-13-6-5-11-21-15(13)9-10-17(19)24/h3-12,23H,1-2H3/b18-12+,22-19-. The Morgan fingerprint density at radius 3 is 2.79 bits per heavy atom. The number of nitrogens with one attached hydrogen (secondary N) is 1. The molecule has 0 amide bonds. The number of carbonyl (C=O) groups is 1. The number of ketones is 1. The van der Waals surface area contributed by atoms with Crippen molar-refractivity contribution in [3.8, 4) is 0 Å². The summed E-state index contributed by atoms with van der Waals surface area (Å²) in [5.74, 6) is -0.0966. The number of allylic oxidation sites excluding steroid dienone is 2. The SMILES string of the molecule is CC1(C)/C(=C\N=C2/C(=O)C=Cc3ncccc32)Nc2ccccc21. The largest absolute Gasteiger partial charge is 0.357 e. The topological polar surface area (TPSA) is 54.4 Å². The molecule has 1 aliphatic heterocycles. The normalized spacial score (nSPS) is 20.8. The Bertz CT molecular complexity index is 935. The zero-order chi connectivity index (χ0) is 16.7. The minimum atomic E-state index is -0.175. The molecule has 0 bridgehead atoms. The van der Waals surface area contributed by atoms with E-state index in [1.165, 1.54) is 11.6 Å². The number of aliphatic imine (C=N–C) groups is 1. The van der Waals surface area contributed by atoms with E-state index in [-0.39, 0.29) is 11.2 Å². The third kappa shape index (κ3) is 2.19. The highest BCUT2D eigenvalue weighted by Gasteiger charge is 2.34. The number of para-hydroxylation sites is 1. The van der Waals surface area contributed by atoms with Gasteiger partial charge in [0.15, 0.2) is 0 Å². The van der Waals surface area contributed by atoms with Crippen LogP contribution in [0, 0.1) is 0 Å². The maximum absolute atomic E-state index is 12.2. The number of fused-ring (bicyclic) bond motifs is 2. The highest BCUT2D eigenvalue weighted by atomic mass is 16.1. The van der Waals surface area contributed by atoms with Crippen LogP contribution in [-0.2, 0) is 10.2 Å². The third-order valence-electron chi connectivity index (χ3n) is 4.59. The molecule has 2 heterocycles. The molecule has 0 saturated heterocycles. The predicted molar refractivity (Wildman–Crippen MR) is 96.0 cm³/mol. The molecule has 2 aliphatic rings. The van der Waals surface area contributed by atoms with Gasteiger partial charge < -0.3 is 5.32 Å². The maximum Gasteiger partial charge on any atom is 0.204 e.